The Labute approximate surface area is 96.1 Å². The van der Waals surface area contributed by atoms with Crippen molar-refractivity contribution < 1.29 is 9.59 Å². The monoisotopic (exact) mass is 219 g/mol. The lowest BCUT2D eigenvalue weighted by atomic mass is 9.99. The van der Waals surface area contributed by atoms with E-state index in [0.717, 1.165) is 16.7 Å². The Kier molecular flexibility index (Phi) is 3.82. The molecule has 0 saturated heterocycles. The molecule has 16 heavy (non-hydrogen) atoms. The zero-order valence-electron chi connectivity index (χ0n) is 10.2. The second-order valence-corrected chi connectivity index (χ2v) is 4.19. The molecule has 86 valence electrons. The number of aryl methyl sites for hydroxylation is 3. The molecule has 0 aliphatic carbocycles. The normalized spacial score (nSPS) is 10.0. The van der Waals surface area contributed by atoms with Gasteiger partial charge < -0.3 is 4.90 Å². The first-order chi connectivity index (χ1) is 7.45. The molecule has 0 radical (unpaired) electrons. The molecule has 0 spiro atoms. The number of hydrogen-bond acceptors (Lipinski definition) is 2. The molecule has 0 N–H and O–H groups in total. The second kappa shape index (κ2) is 4.92. The van der Waals surface area contributed by atoms with Gasteiger partial charge in [0.1, 0.15) is 0 Å². The third kappa shape index (κ3) is 2.69. The molecule has 0 atom stereocenters. The molecule has 3 heteroatoms. The predicted octanol–water partition coefficient (Wildman–Crippen LogP) is 1.77. The summed E-state index contributed by atoms with van der Waals surface area (Å²) < 4.78 is 0. The van der Waals surface area contributed by atoms with Gasteiger partial charge in [0.05, 0.1) is 0 Å². The van der Waals surface area contributed by atoms with Crippen molar-refractivity contribution in [1.29, 1.82) is 0 Å². The Morgan fingerprint density at radius 2 is 1.75 bits per heavy atom. The molecule has 0 heterocycles. The molecule has 0 unspecified atom stereocenters. The number of aldehydes is 1. The number of likely N-dealkylation sites (N-methyl/N-ethyl adjacent to an activating group) is 1. The first kappa shape index (κ1) is 12.4. The van der Waals surface area contributed by atoms with Gasteiger partial charge in [-0.15, -0.1) is 0 Å². The van der Waals surface area contributed by atoms with Crippen molar-refractivity contribution in [1.82, 2.24) is 4.90 Å². The van der Waals surface area contributed by atoms with Crippen molar-refractivity contribution >= 4 is 12.2 Å². The summed E-state index contributed by atoms with van der Waals surface area (Å²) in [6, 6.07) is 4.17. The van der Waals surface area contributed by atoms with Gasteiger partial charge in [-0.25, -0.2) is 0 Å². The molecule has 1 rings (SSSR count). The molecule has 0 fully saturated rings. The smallest absolute Gasteiger partial charge is 0.286 e. The Balaban J connectivity index is 2.97. The Morgan fingerprint density at radius 1 is 1.25 bits per heavy atom. The first-order valence-corrected chi connectivity index (χ1v) is 5.22. The van der Waals surface area contributed by atoms with Crippen LogP contribution in [-0.2, 0) is 16.1 Å². The van der Waals surface area contributed by atoms with Crippen LogP contribution >= 0.6 is 0 Å². The van der Waals surface area contributed by atoms with E-state index >= 15 is 0 Å². The van der Waals surface area contributed by atoms with Gasteiger partial charge in [0, 0.05) is 13.6 Å². The molecule has 0 aliphatic rings. The highest BCUT2D eigenvalue weighted by Gasteiger charge is 2.11. The fourth-order valence-electron chi connectivity index (χ4n) is 1.86. The van der Waals surface area contributed by atoms with E-state index in [-0.39, 0.29) is 0 Å². The summed E-state index contributed by atoms with van der Waals surface area (Å²) >= 11 is 0. The van der Waals surface area contributed by atoms with Crippen LogP contribution in [0.4, 0.5) is 0 Å². The lowest BCUT2D eigenvalue weighted by Gasteiger charge is -2.18. The summed E-state index contributed by atoms with van der Waals surface area (Å²) in [5, 5.41) is 0. The van der Waals surface area contributed by atoms with Crippen molar-refractivity contribution in [2.75, 3.05) is 7.05 Å². The lowest BCUT2D eigenvalue weighted by Crippen LogP contribution is -2.27. The van der Waals surface area contributed by atoms with Gasteiger partial charge in [0.25, 0.3) is 5.91 Å². The molecule has 3 nitrogen and oxygen atoms in total. The first-order valence-electron chi connectivity index (χ1n) is 5.22. The average molecular weight is 219 g/mol. The van der Waals surface area contributed by atoms with Crippen molar-refractivity contribution in [2.45, 2.75) is 27.3 Å². The maximum absolute atomic E-state index is 11.2. The van der Waals surface area contributed by atoms with Crippen LogP contribution in [0, 0.1) is 20.8 Å². The molecule has 0 saturated carbocycles. The minimum Gasteiger partial charge on any atom is -0.335 e. The molecule has 0 aliphatic heterocycles. The van der Waals surface area contributed by atoms with E-state index in [1.807, 2.05) is 20.8 Å². The van der Waals surface area contributed by atoms with E-state index in [1.54, 1.807) is 7.05 Å². The van der Waals surface area contributed by atoms with E-state index in [0.29, 0.717) is 12.8 Å². The summed E-state index contributed by atoms with van der Waals surface area (Å²) in [5.41, 5.74) is 4.64. The van der Waals surface area contributed by atoms with Gasteiger partial charge in [-0.2, -0.15) is 0 Å². The van der Waals surface area contributed by atoms with Crippen LogP contribution in [0.3, 0.4) is 0 Å². The summed E-state index contributed by atoms with van der Waals surface area (Å²) in [5.74, 6) is -0.487. The zero-order valence-corrected chi connectivity index (χ0v) is 10.2. The standard InChI is InChI=1S/C13H17NO2/c1-9-5-10(2)12(11(3)6-9)7-14(4)13(16)8-15/h5-6,8H,7H2,1-4H3. The van der Waals surface area contributed by atoms with Crippen LogP contribution in [0.15, 0.2) is 12.1 Å². The van der Waals surface area contributed by atoms with Crippen molar-refractivity contribution in [3.8, 4) is 0 Å². The lowest BCUT2D eigenvalue weighted by molar-refractivity contribution is -0.138. The van der Waals surface area contributed by atoms with Gasteiger partial charge in [-0.1, -0.05) is 17.7 Å². The number of benzene rings is 1. The number of carbonyl (C=O) groups is 2. The molecular weight excluding hydrogens is 202 g/mol. The van der Waals surface area contributed by atoms with Gasteiger partial charge in [-0.05, 0) is 37.5 Å². The summed E-state index contributed by atoms with van der Waals surface area (Å²) in [4.78, 5) is 23.0. The molecule has 0 aromatic heterocycles. The van der Waals surface area contributed by atoms with Gasteiger partial charge in [0.15, 0.2) is 0 Å². The van der Waals surface area contributed by atoms with E-state index in [1.165, 1.54) is 10.5 Å². The third-order valence-corrected chi connectivity index (χ3v) is 2.71. The molecule has 0 bridgehead atoms. The fraction of sp³-hybridized carbons (Fsp3) is 0.385. The number of hydrogen-bond donors (Lipinski definition) is 0. The maximum Gasteiger partial charge on any atom is 0.286 e. The van der Waals surface area contributed by atoms with E-state index in [9.17, 15) is 9.59 Å². The number of rotatable bonds is 3. The van der Waals surface area contributed by atoms with Crippen LogP contribution in [0.25, 0.3) is 0 Å². The summed E-state index contributed by atoms with van der Waals surface area (Å²) in [6.45, 7) is 6.57. The second-order valence-electron chi connectivity index (χ2n) is 4.19. The van der Waals surface area contributed by atoms with Crippen LogP contribution in [-0.4, -0.2) is 24.1 Å². The Hall–Kier alpha value is -1.64. The highest BCUT2D eigenvalue weighted by atomic mass is 16.2. The molecule has 1 aromatic rings. The quantitative estimate of drug-likeness (QED) is 0.574. The predicted molar refractivity (Wildman–Crippen MR) is 63.2 cm³/mol. The maximum atomic E-state index is 11.2. The fourth-order valence-corrected chi connectivity index (χ4v) is 1.86. The largest absolute Gasteiger partial charge is 0.335 e. The van der Waals surface area contributed by atoms with Crippen LogP contribution in [0.1, 0.15) is 22.3 Å². The SMILES string of the molecule is Cc1cc(C)c(CN(C)C(=O)C=O)c(C)c1. The Morgan fingerprint density at radius 3 is 2.19 bits per heavy atom. The van der Waals surface area contributed by atoms with Gasteiger partial charge in [0.2, 0.25) is 6.29 Å². The van der Waals surface area contributed by atoms with Gasteiger partial charge in [-0.3, -0.25) is 9.59 Å². The number of amides is 1. The average Bonchev–Trinajstić information content (AvgIpc) is 2.21. The number of nitrogens with zero attached hydrogens (tertiary/aromatic N) is 1. The summed E-state index contributed by atoms with van der Waals surface area (Å²) in [7, 11) is 1.63. The van der Waals surface area contributed by atoms with Gasteiger partial charge >= 0.3 is 0 Å². The molecule has 1 amide bonds. The van der Waals surface area contributed by atoms with E-state index in [4.69, 9.17) is 0 Å². The van der Waals surface area contributed by atoms with Crippen molar-refractivity contribution in [3.05, 3.63) is 34.4 Å². The van der Waals surface area contributed by atoms with Crippen LogP contribution < -0.4 is 0 Å². The topological polar surface area (TPSA) is 37.4 Å². The van der Waals surface area contributed by atoms with Crippen LogP contribution in [0.2, 0.25) is 0 Å². The van der Waals surface area contributed by atoms with Crippen molar-refractivity contribution in [2.24, 2.45) is 0 Å². The minimum absolute atomic E-state index is 0.346. The van der Waals surface area contributed by atoms with E-state index in [2.05, 4.69) is 12.1 Å². The van der Waals surface area contributed by atoms with E-state index < -0.39 is 5.91 Å². The summed E-state index contributed by atoms with van der Waals surface area (Å²) in [6.07, 6.45) is 0.346. The van der Waals surface area contributed by atoms with Crippen molar-refractivity contribution in [3.63, 3.8) is 0 Å². The van der Waals surface area contributed by atoms with Crippen LogP contribution in [0.5, 0.6) is 0 Å². The third-order valence-electron chi connectivity index (χ3n) is 2.71. The molecular formula is C13H17NO2. The highest BCUT2D eigenvalue weighted by molar-refractivity contribution is 6.23. The Bertz CT molecular complexity index is 401. The zero-order chi connectivity index (χ0) is 12.3. The number of carbonyl (C=O) groups excluding carboxylic acids is 2. The molecule has 1 aromatic carbocycles. The minimum atomic E-state index is -0.487. The highest BCUT2D eigenvalue weighted by Crippen LogP contribution is 2.17.